The Bertz CT molecular complexity index is 1400. The molecule has 198 valence electrons. The molecule has 0 saturated carbocycles. The number of hydrogen-bond donors (Lipinski definition) is 1. The number of nitrogens with zero attached hydrogens (tertiary/aromatic N) is 2. The highest BCUT2D eigenvalue weighted by Crippen LogP contribution is 2.33. The number of carbonyl (C=O) groups excluding carboxylic acids is 1. The van der Waals surface area contributed by atoms with Crippen LogP contribution in [0.15, 0.2) is 42.6 Å². The van der Waals surface area contributed by atoms with Crippen LogP contribution in [0.4, 0.5) is 8.78 Å². The van der Waals surface area contributed by atoms with Crippen molar-refractivity contribution >= 4 is 34.3 Å². The summed E-state index contributed by atoms with van der Waals surface area (Å²) >= 11 is 6.38. The fourth-order valence-electron chi connectivity index (χ4n) is 5.01. The van der Waals surface area contributed by atoms with Crippen molar-refractivity contribution in [2.24, 2.45) is 11.8 Å². The summed E-state index contributed by atoms with van der Waals surface area (Å²) < 4.78 is 32.1. The summed E-state index contributed by atoms with van der Waals surface area (Å²) in [5.41, 5.74) is 1.28. The van der Waals surface area contributed by atoms with Crippen LogP contribution in [0, 0.1) is 35.3 Å². The molecule has 1 fully saturated rings. The van der Waals surface area contributed by atoms with Gasteiger partial charge in [0.2, 0.25) is 0 Å². The molecule has 0 aliphatic carbocycles. The maximum atomic E-state index is 13.4. The number of aromatic nitrogens is 1. The molecule has 1 aromatic heterocycles. The van der Waals surface area contributed by atoms with Gasteiger partial charge in [-0.1, -0.05) is 23.4 Å². The predicted octanol–water partition coefficient (Wildman–Crippen LogP) is 5.60. The van der Waals surface area contributed by atoms with Gasteiger partial charge in [0.15, 0.2) is 5.78 Å². The molecular weight excluding hydrogens is 514 g/mol. The Kier molecular flexibility index (Phi) is 8.93. The number of Topliss-reactive ketones (excluding diaryl/α,β-unsaturated/α-hetero) is 1. The van der Waals surface area contributed by atoms with Crippen LogP contribution in [0.3, 0.4) is 0 Å². The molecule has 6 nitrogen and oxygen atoms in total. The van der Waals surface area contributed by atoms with Gasteiger partial charge in [-0.25, -0.2) is 8.78 Å². The van der Waals surface area contributed by atoms with Gasteiger partial charge in [-0.3, -0.25) is 19.5 Å². The average molecular weight is 541 g/mol. The molecule has 1 N–H and O–H groups in total. The van der Waals surface area contributed by atoms with Crippen LogP contribution in [-0.4, -0.2) is 53.5 Å². The summed E-state index contributed by atoms with van der Waals surface area (Å²) in [5, 5.41) is 10.4. The van der Waals surface area contributed by atoms with Gasteiger partial charge in [-0.2, -0.15) is 0 Å². The fraction of sp³-hybridized carbons (Fsp3) is 0.345. The van der Waals surface area contributed by atoms with E-state index in [2.05, 4.69) is 16.8 Å². The van der Waals surface area contributed by atoms with Gasteiger partial charge in [0.25, 0.3) is 0 Å². The zero-order valence-electron chi connectivity index (χ0n) is 20.8. The molecule has 2 heterocycles. The molecule has 3 aromatic rings. The number of piperidine rings is 1. The van der Waals surface area contributed by atoms with E-state index in [-0.39, 0.29) is 41.0 Å². The lowest BCUT2D eigenvalue weighted by Crippen LogP contribution is -2.41. The highest BCUT2D eigenvalue weighted by atomic mass is 35.5. The summed E-state index contributed by atoms with van der Waals surface area (Å²) in [4.78, 5) is 31.2. The first-order valence-corrected chi connectivity index (χ1v) is 12.7. The molecule has 4 rings (SSSR count). The summed E-state index contributed by atoms with van der Waals surface area (Å²) in [6.07, 6.45) is 2.91. The Balaban J connectivity index is 1.42. The number of halogens is 3. The van der Waals surface area contributed by atoms with E-state index in [0.29, 0.717) is 54.7 Å². The topological polar surface area (TPSA) is 79.7 Å². The highest BCUT2D eigenvalue weighted by Gasteiger charge is 2.31. The van der Waals surface area contributed by atoms with E-state index in [0.717, 1.165) is 6.07 Å². The number of benzene rings is 2. The van der Waals surface area contributed by atoms with Gasteiger partial charge < -0.3 is 9.84 Å². The summed E-state index contributed by atoms with van der Waals surface area (Å²) in [7, 11) is 1.54. The standard InChI is InChI=1S/C29H27ClF2N2O4/c1-38-23-5-6-26-24(15-23)29(25(30)16-33-26)27(35)7-4-19-8-10-34(17-20(19)13-28(36)37)9-2-3-18-11-21(31)14-22(32)12-18/h5-6,11-12,14-16,19-20H,4,7-10,13,17H2,1H3,(H,36,37)/t19-,20+/m1/s1. The Labute approximate surface area is 224 Å². The monoisotopic (exact) mass is 540 g/mol. The van der Waals surface area contributed by atoms with Crippen molar-refractivity contribution in [1.29, 1.82) is 0 Å². The van der Waals surface area contributed by atoms with Crippen LogP contribution in [-0.2, 0) is 4.79 Å². The summed E-state index contributed by atoms with van der Waals surface area (Å²) in [6.45, 7) is 1.53. The number of ketones is 1. The molecule has 0 amide bonds. The Morgan fingerprint density at radius 2 is 1.95 bits per heavy atom. The molecular formula is C29H27ClF2N2O4. The van der Waals surface area contributed by atoms with E-state index in [1.54, 1.807) is 25.3 Å². The van der Waals surface area contributed by atoms with Crippen molar-refractivity contribution in [3.63, 3.8) is 0 Å². The van der Waals surface area contributed by atoms with Crippen molar-refractivity contribution in [3.8, 4) is 17.6 Å². The van der Waals surface area contributed by atoms with Crippen LogP contribution in [0.2, 0.25) is 5.02 Å². The highest BCUT2D eigenvalue weighted by molar-refractivity contribution is 6.35. The van der Waals surface area contributed by atoms with Gasteiger partial charge in [-0.15, -0.1) is 0 Å². The van der Waals surface area contributed by atoms with Crippen LogP contribution < -0.4 is 4.74 Å². The summed E-state index contributed by atoms with van der Waals surface area (Å²) in [6, 6.07) is 8.41. The average Bonchev–Trinajstić information content (AvgIpc) is 2.86. The van der Waals surface area contributed by atoms with E-state index in [1.165, 1.54) is 18.3 Å². The molecule has 38 heavy (non-hydrogen) atoms. The Hall–Kier alpha value is -3.54. The molecule has 0 bridgehead atoms. The maximum absolute atomic E-state index is 13.4. The molecule has 1 aliphatic heterocycles. The van der Waals surface area contributed by atoms with Crippen molar-refractivity contribution in [1.82, 2.24) is 9.88 Å². The molecule has 0 radical (unpaired) electrons. The second kappa shape index (κ2) is 12.3. The Morgan fingerprint density at radius 3 is 2.66 bits per heavy atom. The summed E-state index contributed by atoms with van der Waals surface area (Å²) in [5.74, 6) is 3.77. The SMILES string of the molecule is COc1ccc2ncc(Cl)c(C(=O)CC[C@@H]3CCN(CC#Cc4cc(F)cc(F)c4)C[C@@H]3CC(=O)O)c2c1. The normalized spacial score (nSPS) is 17.6. The number of carbonyl (C=O) groups is 2. The minimum atomic E-state index is -0.898. The molecule has 9 heteroatoms. The quantitative estimate of drug-likeness (QED) is 0.296. The number of methoxy groups -OCH3 is 1. The smallest absolute Gasteiger partial charge is 0.303 e. The lowest BCUT2D eigenvalue weighted by Gasteiger charge is -2.37. The second-order valence-corrected chi connectivity index (χ2v) is 9.83. The fourth-order valence-corrected chi connectivity index (χ4v) is 5.27. The molecule has 1 aliphatic rings. The zero-order chi connectivity index (χ0) is 27.2. The van der Waals surface area contributed by atoms with Gasteiger partial charge in [0, 0.05) is 48.2 Å². The first kappa shape index (κ1) is 27.5. The minimum absolute atomic E-state index is 0.0198. The lowest BCUT2D eigenvalue weighted by atomic mass is 9.79. The lowest BCUT2D eigenvalue weighted by molar-refractivity contribution is -0.139. The zero-order valence-corrected chi connectivity index (χ0v) is 21.6. The third-order valence-corrected chi connectivity index (χ3v) is 7.15. The number of hydrogen-bond acceptors (Lipinski definition) is 5. The van der Waals surface area contributed by atoms with Crippen molar-refractivity contribution < 1.29 is 28.2 Å². The number of carboxylic acids is 1. The molecule has 0 spiro atoms. The van der Waals surface area contributed by atoms with Crippen LogP contribution in [0.25, 0.3) is 10.9 Å². The first-order chi connectivity index (χ1) is 18.2. The van der Waals surface area contributed by atoms with Crippen molar-refractivity contribution in [2.75, 3.05) is 26.7 Å². The maximum Gasteiger partial charge on any atom is 0.303 e. The first-order valence-electron chi connectivity index (χ1n) is 12.3. The number of pyridine rings is 1. The van der Waals surface area contributed by atoms with E-state index < -0.39 is 17.6 Å². The van der Waals surface area contributed by atoms with E-state index >= 15 is 0 Å². The number of likely N-dealkylation sites (tertiary alicyclic amines) is 1. The van der Waals surface area contributed by atoms with E-state index in [1.807, 2.05) is 4.90 Å². The molecule has 1 saturated heterocycles. The Morgan fingerprint density at radius 1 is 1.18 bits per heavy atom. The number of ether oxygens (including phenoxy) is 1. The van der Waals surface area contributed by atoms with Crippen LogP contribution >= 0.6 is 11.6 Å². The molecule has 2 atom stereocenters. The van der Waals surface area contributed by atoms with Gasteiger partial charge in [-0.05, 0) is 61.6 Å². The number of rotatable bonds is 8. The van der Waals surface area contributed by atoms with Crippen molar-refractivity contribution in [2.45, 2.75) is 25.7 Å². The van der Waals surface area contributed by atoms with E-state index in [4.69, 9.17) is 16.3 Å². The minimum Gasteiger partial charge on any atom is -0.497 e. The number of aliphatic carboxylic acids is 1. The predicted molar refractivity (Wildman–Crippen MR) is 140 cm³/mol. The molecule has 2 aromatic carbocycles. The third-order valence-electron chi connectivity index (χ3n) is 6.86. The molecule has 0 unspecified atom stereocenters. The number of carboxylic acid groups (broad SMARTS) is 1. The number of fused-ring (bicyclic) bond motifs is 1. The second-order valence-electron chi connectivity index (χ2n) is 9.43. The van der Waals surface area contributed by atoms with Crippen LogP contribution in [0.5, 0.6) is 5.75 Å². The van der Waals surface area contributed by atoms with Crippen LogP contribution in [0.1, 0.15) is 41.6 Å². The van der Waals surface area contributed by atoms with Gasteiger partial charge >= 0.3 is 5.97 Å². The van der Waals surface area contributed by atoms with Gasteiger partial charge in [0.05, 0.1) is 24.2 Å². The van der Waals surface area contributed by atoms with Gasteiger partial charge in [0.1, 0.15) is 17.4 Å². The third kappa shape index (κ3) is 6.85. The van der Waals surface area contributed by atoms with Crippen molar-refractivity contribution in [3.05, 3.63) is 70.4 Å². The van der Waals surface area contributed by atoms with E-state index in [9.17, 15) is 23.5 Å². The largest absolute Gasteiger partial charge is 0.497 e.